The molecule has 0 aliphatic carbocycles. The van der Waals surface area contributed by atoms with Crippen LogP contribution in [0.3, 0.4) is 0 Å². The van der Waals surface area contributed by atoms with Crippen LogP contribution in [0.15, 0.2) is 24.3 Å². The normalized spacial score (nSPS) is 14.3. The first-order valence-corrected chi connectivity index (χ1v) is 7.24. The number of hydrogen-bond donors (Lipinski definition) is 3. The second kappa shape index (κ2) is 5.01. The summed E-state index contributed by atoms with van der Waals surface area (Å²) in [6.07, 6.45) is 3.47. The number of amidine groups is 1. The van der Waals surface area contributed by atoms with Gasteiger partial charge in [-0.3, -0.25) is 5.41 Å². The lowest BCUT2D eigenvalue weighted by Crippen LogP contribution is -2.10. The van der Waals surface area contributed by atoms with Crippen LogP contribution in [0.5, 0.6) is 0 Å². The van der Waals surface area contributed by atoms with Crippen molar-refractivity contribution in [1.29, 1.82) is 5.41 Å². The number of aromatic nitrogens is 1. The Morgan fingerprint density at radius 1 is 1.26 bits per heavy atom. The number of anilines is 1. The van der Waals surface area contributed by atoms with Crippen molar-refractivity contribution < 1.29 is 0 Å². The molecule has 0 saturated carbocycles. The summed E-state index contributed by atoms with van der Waals surface area (Å²) < 4.78 is 0. The monoisotopic (exact) mass is 272 g/mol. The molecule has 1 aromatic heterocycles. The maximum atomic E-state index is 7.40. The van der Waals surface area contributed by atoms with Crippen LogP contribution in [-0.2, 0) is 6.42 Å². The molecule has 0 fully saturated rings. The first-order chi connectivity index (χ1) is 9.24. The molecule has 2 aromatic rings. The van der Waals surface area contributed by atoms with E-state index in [0.717, 1.165) is 29.1 Å². The third-order valence-corrected chi connectivity index (χ3v) is 4.37. The number of nitrogen functional groups attached to an aromatic ring is 1. The van der Waals surface area contributed by atoms with Gasteiger partial charge in [-0.2, -0.15) is 0 Å². The predicted molar refractivity (Wildman–Crippen MR) is 80.0 cm³/mol. The van der Waals surface area contributed by atoms with Crippen molar-refractivity contribution >= 4 is 22.2 Å². The van der Waals surface area contributed by atoms with Crippen LogP contribution in [0.1, 0.15) is 24.1 Å². The van der Waals surface area contributed by atoms with E-state index in [2.05, 4.69) is 5.32 Å². The molecule has 1 aliphatic heterocycles. The lowest BCUT2D eigenvalue weighted by Gasteiger charge is -2.00. The predicted octanol–water partition coefficient (Wildman–Crippen LogP) is 2.84. The fraction of sp³-hybridized carbons (Fsp3) is 0.286. The molecular weight excluding hydrogens is 256 g/mol. The number of aryl methyl sites for hydroxylation is 1. The lowest BCUT2D eigenvalue weighted by atomic mass is 10.1. The van der Waals surface area contributed by atoms with E-state index in [0.29, 0.717) is 0 Å². The number of thiazole rings is 1. The molecule has 4 N–H and O–H groups in total. The van der Waals surface area contributed by atoms with Gasteiger partial charge in [-0.1, -0.05) is 35.6 Å². The molecule has 98 valence electrons. The first-order valence-electron chi connectivity index (χ1n) is 6.42. The number of nitrogens with zero attached hydrogens (tertiary/aromatic N) is 1. The first kappa shape index (κ1) is 12.2. The summed E-state index contributed by atoms with van der Waals surface area (Å²) in [6.45, 7) is 1.04. The minimum absolute atomic E-state index is 0.100. The van der Waals surface area contributed by atoms with Gasteiger partial charge >= 0.3 is 0 Å². The maximum absolute atomic E-state index is 7.40. The molecule has 0 saturated heterocycles. The van der Waals surface area contributed by atoms with E-state index in [1.807, 2.05) is 24.3 Å². The van der Waals surface area contributed by atoms with Crippen molar-refractivity contribution in [2.24, 2.45) is 5.73 Å². The van der Waals surface area contributed by atoms with E-state index in [-0.39, 0.29) is 5.84 Å². The average molecular weight is 272 g/mol. The van der Waals surface area contributed by atoms with Gasteiger partial charge in [0.15, 0.2) is 0 Å². The van der Waals surface area contributed by atoms with Crippen LogP contribution >= 0.6 is 11.3 Å². The van der Waals surface area contributed by atoms with E-state index in [9.17, 15) is 0 Å². The summed E-state index contributed by atoms with van der Waals surface area (Å²) in [5.41, 5.74) is 8.49. The Morgan fingerprint density at radius 2 is 2.05 bits per heavy atom. The van der Waals surface area contributed by atoms with Gasteiger partial charge in [0, 0.05) is 17.7 Å². The highest BCUT2D eigenvalue weighted by Gasteiger charge is 2.14. The molecule has 0 atom stereocenters. The molecule has 0 unspecified atom stereocenters. The zero-order chi connectivity index (χ0) is 13.2. The molecule has 5 heteroatoms. The van der Waals surface area contributed by atoms with Crippen LogP contribution < -0.4 is 11.1 Å². The molecule has 0 radical (unpaired) electrons. The van der Waals surface area contributed by atoms with E-state index in [4.69, 9.17) is 16.1 Å². The molecule has 0 bridgehead atoms. The summed E-state index contributed by atoms with van der Waals surface area (Å²) >= 11 is 1.71. The van der Waals surface area contributed by atoms with E-state index < -0.39 is 0 Å². The smallest absolute Gasteiger partial charge is 0.125 e. The van der Waals surface area contributed by atoms with E-state index >= 15 is 0 Å². The van der Waals surface area contributed by atoms with Crippen molar-refractivity contribution in [2.45, 2.75) is 19.3 Å². The number of hydrogen-bond acceptors (Lipinski definition) is 4. The van der Waals surface area contributed by atoms with Crippen molar-refractivity contribution in [1.82, 2.24) is 4.98 Å². The minimum atomic E-state index is 0.100. The Bertz CT molecular complexity index is 577. The van der Waals surface area contributed by atoms with Crippen LogP contribution in [0.25, 0.3) is 10.6 Å². The highest BCUT2D eigenvalue weighted by atomic mass is 32.1. The number of nitrogens with one attached hydrogen (secondary N) is 2. The minimum Gasteiger partial charge on any atom is -0.384 e. The number of benzene rings is 1. The maximum Gasteiger partial charge on any atom is 0.125 e. The highest BCUT2D eigenvalue weighted by molar-refractivity contribution is 7.19. The Morgan fingerprint density at radius 3 is 2.79 bits per heavy atom. The molecule has 1 aliphatic rings. The number of fused-ring (bicyclic) bond motifs is 1. The number of nitrogens with two attached hydrogens (primary N) is 1. The highest BCUT2D eigenvalue weighted by Crippen LogP contribution is 2.34. The fourth-order valence-electron chi connectivity index (χ4n) is 2.19. The lowest BCUT2D eigenvalue weighted by molar-refractivity contribution is 0.775. The molecule has 3 rings (SSSR count). The quantitative estimate of drug-likeness (QED) is 0.581. The summed E-state index contributed by atoms with van der Waals surface area (Å²) in [5.74, 6) is 0.100. The van der Waals surface area contributed by atoms with Gasteiger partial charge in [-0.05, 0) is 19.3 Å². The summed E-state index contributed by atoms with van der Waals surface area (Å²) in [4.78, 5) is 4.73. The molecule has 0 amide bonds. The van der Waals surface area contributed by atoms with E-state index in [1.165, 1.54) is 23.5 Å². The van der Waals surface area contributed by atoms with Gasteiger partial charge in [0.05, 0.1) is 5.69 Å². The second-order valence-corrected chi connectivity index (χ2v) is 5.67. The summed E-state index contributed by atoms with van der Waals surface area (Å²) in [6, 6.07) is 7.71. The SMILES string of the molecule is N=C(N)c1ccc(-c2nc3c(s2)NCCCC3)cc1. The van der Waals surface area contributed by atoms with Crippen LogP contribution in [-0.4, -0.2) is 17.4 Å². The van der Waals surface area contributed by atoms with Gasteiger partial charge in [0.25, 0.3) is 0 Å². The molecule has 2 heterocycles. The molecular formula is C14H16N4S. The topological polar surface area (TPSA) is 74.8 Å². The average Bonchev–Trinajstić information content (AvgIpc) is 2.70. The number of rotatable bonds is 2. The molecule has 1 aromatic carbocycles. The molecule has 4 nitrogen and oxygen atoms in total. The van der Waals surface area contributed by atoms with Gasteiger partial charge < -0.3 is 11.1 Å². The van der Waals surface area contributed by atoms with Crippen LogP contribution in [0.4, 0.5) is 5.00 Å². The van der Waals surface area contributed by atoms with Crippen molar-refractivity contribution in [3.05, 3.63) is 35.5 Å². The van der Waals surface area contributed by atoms with Gasteiger partial charge in [0.2, 0.25) is 0 Å². The van der Waals surface area contributed by atoms with Crippen molar-refractivity contribution in [3.8, 4) is 10.6 Å². The summed E-state index contributed by atoms with van der Waals surface area (Å²) in [5, 5.41) is 13.1. The van der Waals surface area contributed by atoms with Crippen molar-refractivity contribution in [2.75, 3.05) is 11.9 Å². The Kier molecular flexibility index (Phi) is 3.21. The van der Waals surface area contributed by atoms with Gasteiger partial charge in [0.1, 0.15) is 15.8 Å². The summed E-state index contributed by atoms with van der Waals surface area (Å²) in [7, 11) is 0. The van der Waals surface area contributed by atoms with Gasteiger partial charge in [-0.25, -0.2) is 4.98 Å². The Balaban J connectivity index is 1.91. The van der Waals surface area contributed by atoms with Crippen LogP contribution in [0.2, 0.25) is 0 Å². The van der Waals surface area contributed by atoms with E-state index in [1.54, 1.807) is 11.3 Å². The standard InChI is InChI=1S/C14H16N4S/c15-12(16)9-4-6-10(7-5-9)13-18-11-3-1-2-8-17-14(11)19-13/h4-7,17H,1-3,8H2,(H3,15,16). The largest absolute Gasteiger partial charge is 0.384 e. The second-order valence-electron chi connectivity index (χ2n) is 4.67. The Hall–Kier alpha value is -1.88. The van der Waals surface area contributed by atoms with Gasteiger partial charge in [-0.15, -0.1) is 0 Å². The zero-order valence-corrected chi connectivity index (χ0v) is 11.4. The van der Waals surface area contributed by atoms with Crippen molar-refractivity contribution in [3.63, 3.8) is 0 Å². The fourth-order valence-corrected chi connectivity index (χ4v) is 3.24. The molecule has 19 heavy (non-hydrogen) atoms. The van der Waals surface area contributed by atoms with Crippen LogP contribution in [0, 0.1) is 5.41 Å². The third kappa shape index (κ3) is 2.46. The Labute approximate surface area is 116 Å². The zero-order valence-electron chi connectivity index (χ0n) is 10.6. The molecule has 0 spiro atoms. The third-order valence-electron chi connectivity index (χ3n) is 3.27.